The molecule has 1 aromatic rings. The molecule has 0 amide bonds. The van der Waals surface area contributed by atoms with Crippen LogP contribution in [0.3, 0.4) is 0 Å². The van der Waals surface area contributed by atoms with E-state index in [0.29, 0.717) is 27.6 Å². The van der Waals surface area contributed by atoms with Crippen LogP contribution in [0.5, 0.6) is 11.5 Å². The van der Waals surface area contributed by atoms with Crippen LogP contribution in [0.4, 0.5) is 0 Å². The number of benzene rings is 1. The fraction of sp³-hybridized carbons (Fsp3) is 0.500. The normalized spacial score (nSPS) is 11.7. The molecule has 0 spiro atoms. The molecule has 0 saturated heterocycles. The van der Waals surface area contributed by atoms with E-state index in [0.717, 1.165) is 0 Å². The molecule has 7 heteroatoms. The molecule has 0 aromatic heterocycles. The average molecular weight is 327 g/mol. The molecular weight excluding hydrogens is 311 g/mol. The number of halogens is 2. The maximum absolute atomic E-state index is 11.3. The van der Waals surface area contributed by atoms with Gasteiger partial charge in [-0.1, -0.05) is 25.4 Å². The minimum absolute atomic E-state index is 0.0284. The predicted octanol–water partition coefficient (Wildman–Crippen LogP) is 3.55. The lowest BCUT2D eigenvalue weighted by molar-refractivity contribution is 0.354. The van der Waals surface area contributed by atoms with Gasteiger partial charge in [-0.15, -0.1) is 0 Å². The minimum Gasteiger partial charge on any atom is -0.493 e. The number of methoxy groups -OCH3 is 2. The summed E-state index contributed by atoms with van der Waals surface area (Å²) in [7, 11) is 4.58. The number of hydrogen-bond donors (Lipinski definition) is 0. The van der Waals surface area contributed by atoms with Gasteiger partial charge < -0.3 is 9.47 Å². The van der Waals surface area contributed by atoms with E-state index >= 15 is 0 Å². The molecule has 0 fully saturated rings. The summed E-state index contributed by atoms with van der Waals surface area (Å²) in [5, 5.41) is 0.354. The molecule has 0 aliphatic heterocycles. The highest BCUT2D eigenvalue weighted by Crippen LogP contribution is 2.43. The first-order chi connectivity index (χ1) is 8.71. The van der Waals surface area contributed by atoms with Gasteiger partial charge in [0.1, 0.15) is 0 Å². The van der Waals surface area contributed by atoms with Crippen LogP contribution in [-0.2, 0) is 14.8 Å². The third-order valence-electron chi connectivity index (χ3n) is 2.64. The standard InChI is InChI=1S/C12H16Cl2O4S/c1-7(2)10-8(6-19(14,15)16)5-9(17-3)12(18-4)11(10)13/h5,7H,6H2,1-4H3. The lowest BCUT2D eigenvalue weighted by Crippen LogP contribution is -2.05. The van der Waals surface area contributed by atoms with Gasteiger partial charge in [0.2, 0.25) is 9.05 Å². The van der Waals surface area contributed by atoms with E-state index in [9.17, 15) is 8.42 Å². The third kappa shape index (κ3) is 3.91. The predicted molar refractivity (Wildman–Crippen MR) is 77.1 cm³/mol. The molecule has 0 saturated carbocycles. The van der Waals surface area contributed by atoms with Crippen LogP contribution >= 0.6 is 22.3 Å². The molecule has 1 rings (SSSR count). The van der Waals surface area contributed by atoms with E-state index < -0.39 is 9.05 Å². The van der Waals surface area contributed by atoms with Crippen molar-refractivity contribution in [2.24, 2.45) is 0 Å². The number of ether oxygens (including phenoxy) is 2. The Labute approximate surface area is 123 Å². The molecule has 4 nitrogen and oxygen atoms in total. The van der Waals surface area contributed by atoms with Gasteiger partial charge in [0.25, 0.3) is 0 Å². The topological polar surface area (TPSA) is 52.6 Å². The average Bonchev–Trinajstić information content (AvgIpc) is 2.25. The Bertz CT molecular complexity index is 568. The molecule has 0 bridgehead atoms. The van der Waals surface area contributed by atoms with Gasteiger partial charge in [-0.3, -0.25) is 0 Å². The van der Waals surface area contributed by atoms with Crippen LogP contribution in [0.25, 0.3) is 0 Å². The first-order valence-electron chi connectivity index (χ1n) is 5.56. The molecule has 0 aliphatic rings. The maximum Gasteiger partial charge on any atom is 0.236 e. The second kappa shape index (κ2) is 6.20. The van der Waals surface area contributed by atoms with E-state index in [2.05, 4.69) is 0 Å². The SMILES string of the molecule is COc1cc(CS(=O)(=O)Cl)c(C(C)C)c(Cl)c1OC. The molecule has 0 unspecified atom stereocenters. The third-order valence-corrected chi connectivity index (χ3v) is 4.00. The Morgan fingerprint density at radius 2 is 1.84 bits per heavy atom. The largest absolute Gasteiger partial charge is 0.493 e. The van der Waals surface area contributed by atoms with Crippen LogP contribution < -0.4 is 9.47 Å². The summed E-state index contributed by atoms with van der Waals surface area (Å²) in [4.78, 5) is 0. The second-order valence-corrected chi connectivity index (χ2v) is 7.49. The molecule has 0 aliphatic carbocycles. The summed E-state index contributed by atoms with van der Waals surface area (Å²) in [6.45, 7) is 3.83. The zero-order chi connectivity index (χ0) is 14.8. The quantitative estimate of drug-likeness (QED) is 0.776. The van der Waals surface area contributed by atoms with Crippen molar-refractivity contribution in [3.63, 3.8) is 0 Å². The molecule has 0 radical (unpaired) electrons. The molecule has 0 heterocycles. The van der Waals surface area contributed by atoms with Crippen molar-refractivity contribution in [1.29, 1.82) is 0 Å². The van der Waals surface area contributed by atoms with Gasteiger partial charge in [-0.2, -0.15) is 0 Å². The van der Waals surface area contributed by atoms with Gasteiger partial charge in [-0.05, 0) is 23.1 Å². The van der Waals surface area contributed by atoms with E-state index in [4.69, 9.17) is 31.8 Å². The lowest BCUT2D eigenvalue weighted by Gasteiger charge is -2.19. The van der Waals surface area contributed by atoms with Crippen molar-refractivity contribution < 1.29 is 17.9 Å². The van der Waals surface area contributed by atoms with Crippen LogP contribution in [0, 0.1) is 0 Å². The molecule has 0 atom stereocenters. The van der Waals surface area contributed by atoms with Gasteiger partial charge in [0.05, 0.1) is 25.0 Å². The smallest absolute Gasteiger partial charge is 0.236 e. The highest BCUT2D eigenvalue weighted by atomic mass is 35.7. The molecule has 19 heavy (non-hydrogen) atoms. The molecule has 108 valence electrons. The summed E-state index contributed by atoms with van der Waals surface area (Å²) in [6, 6.07) is 1.60. The van der Waals surface area contributed by atoms with Crippen molar-refractivity contribution in [3.05, 3.63) is 22.2 Å². The molecule has 0 N–H and O–H groups in total. The Kier molecular flexibility index (Phi) is 5.35. The summed E-state index contributed by atoms with van der Waals surface area (Å²) in [5.41, 5.74) is 1.22. The summed E-state index contributed by atoms with van der Waals surface area (Å²) in [5.74, 6) is 0.499. The van der Waals surface area contributed by atoms with Crippen LogP contribution in [0.1, 0.15) is 30.9 Å². The summed E-state index contributed by atoms with van der Waals surface area (Å²) < 4.78 is 32.9. The molecule has 1 aromatic carbocycles. The van der Waals surface area contributed by atoms with Crippen LogP contribution in [-0.4, -0.2) is 22.6 Å². The highest BCUT2D eigenvalue weighted by Gasteiger charge is 2.22. The van der Waals surface area contributed by atoms with Crippen LogP contribution in [0.15, 0.2) is 6.07 Å². The molecular formula is C12H16Cl2O4S. The Hall–Kier alpha value is -0.650. The fourth-order valence-electron chi connectivity index (χ4n) is 1.94. The first kappa shape index (κ1) is 16.4. The van der Waals surface area contributed by atoms with E-state index in [1.165, 1.54) is 14.2 Å². The van der Waals surface area contributed by atoms with Crippen molar-refractivity contribution in [3.8, 4) is 11.5 Å². The van der Waals surface area contributed by atoms with E-state index in [-0.39, 0.29) is 11.7 Å². The zero-order valence-corrected chi connectivity index (χ0v) is 13.5. The van der Waals surface area contributed by atoms with E-state index in [1.807, 2.05) is 13.8 Å². The van der Waals surface area contributed by atoms with Gasteiger partial charge in [0.15, 0.2) is 11.5 Å². The monoisotopic (exact) mass is 326 g/mol. The minimum atomic E-state index is -3.68. The van der Waals surface area contributed by atoms with Crippen molar-refractivity contribution >= 4 is 31.3 Å². The second-order valence-electron chi connectivity index (χ2n) is 4.34. The first-order valence-corrected chi connectivity index (χ1v) is 8.42. The van der Waals surface area contributed by atoms with Gasteiger partial charge in [0, 0.05) is 10.7 Å². The van der Waals surface area contributed by atoms with Crippen molar-refractivity contribution in [2.75, 3.05) is 14.2 Å². The Balaban J connectivity index is 3.56. The zero-order valence-electron chi connectivity index (χ0n) is 11.2. The fourth-order valence-corrected chi connectivity index (χ4v) is 3.42. The van der Waals surface area contributed by atoms with E-state index in [1.54, 1.807) is 6.07 Å². The van der Waals surface area contributed by atoms with Crippen molar-refractivity contribution in [2.45, 2.75) is 25.5 Å². The Morgan fingerprint density at radius 3 is 2.21 bits per heavy atom. The van der Waals surface area contributed by atoms with Gasteiger partial charge >= 0.3 is 0 Å². The Morgan fingerprint density at radius 1 is 1.26 bits per heavy atom. The van der Waals surface area contributed by atoms with Crippen molar-refractivity contribution in [1.82, 2.24) is 0 Å². The highest BCUT2D eigenvalue weighted by molar-refractivity contribution is 8.13. The summed E-state index contributed by atoms with van der Waals surface area (Å²) in [6.07, 6.45) is 0. The summed E-state index contributed by atoms with van der Waals surface area (Å²) >= 11 is 6.28. The number of rotatable bonds is 5. The number of hydrogen-bond acceptors (Lipinski definition) is 4. The van der Waals surface area contributed by atoms with Gasteiger partial charge in [-0.25, -0.2) is 8.42 Å². The lowest BCUT2D eigenvalue weighted by atomic mass is 9.97. The van der Waals surface area contributed by atoms with Crippen LogP contribution in [0.2, 0.25) is 5.02 Å². The maximum atomic E-state index is 11.3.